The van der Waals surface area contributed by atoms with Gasteiger partial charge in [0.2, 0.25) is 11.8 Å². The van der Waals surface area contributed by atoms with Crippen LogP contribution in [0, 0.1) is 13.8 Å². The SMILES string of the molecule is Cc1ccc2c(c1)nc(N)n2CCc1noc(C)n1. The Labute approximate surface area is 110 Å². The van der Waals surface area contributed by atoms with Crippen molar-refractivity contribution in [3.05, 3.63) is 35.5 Å². The minimum Gasteiger partial charge on any atom is -0.369 e. The van der Waals surface area contributed by atoms with Crippen molar-refractivity contribution in [2.24, 2.45) is 0 Å². The largest absolute Gasteiger partial charge is 0.369 e. The molecule has 2 aromatic heterocycles. The third-order valence-electron chi connectivity index (χ3n) is 3.06. The number of aryl methyl sites for hydroxylation is 4. The van der Waals surface area contributed by atoms with Gasteiger partial charge in [0.15, 0.2) is 5.82 Å². The predicted octanol–water partition coefficient (Wildman–Crippen LogP) is 1.86. The maximum absolute atomic E-state index is 5.96. The summed E-state index contributed by atoms with van der Waals surface area (Å²) >= 11 is 0. The number of nitrogens with zero attached hydrogens (tertiary/aromatic N) is 4. The number of fused-ring (bicyclic) bond motifs is 1. The zero-order valence-electron chi connectivity index (χ0n) is 10.9. The van der Waals surface area contributed by atoms with E-state index in [0.29, 0.717) is 30.6 Å². The number of rotatable bonds is 3. The monoisotopic (exact) mass is 257 g/mol. The first-order valence-electron chi connectivity index (χ1n) is 6.15. The molecule has 0 atom stereocenters. The number of aromatic nitrogens is 4. The summed E-state index contributed by atoms with van der Waals surface area (Å²) in [4.78, 5) is 8.55. The van der Waals surface area contributed by atoms with Crippen molar-refractivity contribution >= 4 is 17.0 Å². The molecule has 0 fully saturated rings. The maximum Gasteiger partial charge on any atom is 0.223 e. The molecule has 1 aromatic carbocycles. The third kappa shape index (κ3) is 2.16. The minimum atomic E-state index is 0.515. The molecule has 0 amide bonds. The number of imidazole rings is 1. The molecule has 0 spiro atoms. The Hall–Kier alpha value is -2.37. The van der Waals surface area contributed by atoms with Gasteiger partial charge in [0, 0.05) is 19.9 Å². The Morgan fingerprint density at radius 1 is 1.26 bits per heavy atom. The molecule has 98 valence electrons. The Morgan fingerprint density at radius 3 is 2.84 bits per heavy atom. The zero-order chi connectivity index (χ0) is 13.4. The molecule has 0 aliphatic rings. The van der Waals surface area contributed by atoms with Gasteiger partial charge in [-0.1, -0.05) is 11.2 Å². The number of hydrogen-bond acceptors (Lipinski definition) is 5. The lowest BCUT2D eigenvalue weighted by atomic mass is 10.2. The molecule has 2 heterocycles. The fraction of sp³-hybridized carbons (Fsp3) is 0.308. The average Bonchev–Trinajstić information content (AvgIpc) is 2.89. The summed E-state index contributed by atoms with van der Waals surface area (Å²) in [5, 5.41) is 3.88. The van der Waals surface area contributed by atoms with Gasteiger partial charge in [0.05, 0.1) is 11.0 Å². The summed E-state index contributed by atoms with van der Waals surface area (Å²) in [6.07, 6.45) is 0.668. The van der Waals surface area contributed by atoms with Gasteiger partial charge in [-0.15, -0.1) is 0 Å². The second-order valence-electron chi connectivity index (χ2n) is 4.59. The molecule has 0 saturated carbocycles. The van der Waals surface area contributed by atoms with E-state index in [2.05, 4.69) is 21.2 Å². The van der Waals surface area contributed by atoms with E-state index < -0.39 is 0 Å². The topological polar surface area (TPSA) is 82.8 Å². The summed E-state index contributed by atoms with van der Waals surface area (Å²) in [5.41, 5.74) is 9.08. The molecule has 2 N–H and O–H groups in total. The summed E-state index contributed by atoms with van der Waals surface area (Å²) in [6.45, 7) is 4.50. The van der Waals surface area contributed by atoms with Crippen LogP contribution < -0.4 is 5.73 Å². The van der Waals surface area contributed by atoms with E-state index in [1.54, 1.807) is 6.92 Å². The van der Waals surface area contributed by atoms with E-state index >= 15 is 0 Å². The molecule has 0 radical (unpaired) electrons. The maximum atomic E-state index is 5.96. The van der Waals surface area contributed by atoms with E-state index in [4.69, 9.17) is 10.3 Å². The second kappa shape index (κ2) is 4.38. The van der Waals surface area contributed by atoms with E-state index in [-0.39, 0.29) is 0 Å². The Balaban J connectivity index is 1.90. The highest BCUT2D eigenvalue weighted by atomic mass is 16.5. The van der Waals surface area contributed by atoms with Crippen molar-refractivity contribution < 1.29 is 4.52 Å². The molecular formula is C13H15N5O. The Bertz CT molecular complexity index is 728. The van der Waals surface area contributed by atoms with Gasteiger partial charge in [-0.3, -0.25) is 0 Å². The van der Waals surface area contributed by atoms with Gasteiger partial charge in [0.25, 0.3) is 0 Å². The number of benzene rings is 1. The normalized spacial score (nSPS) is 11.3. The van der Waals surface area contributed by atoms with Gasteiger partial charge in [-0.2, -0.15) is 4.98 Å². The second-order valence-corrected chi connectivity index (χ2v) is 4.59. The van der Waals surface area contributed by atoms with Gasteiger partial charge in [-0.05, 0) is 24.6 Å². The van der Waals surface area contributed by atoms with Crippen molar-refractivity contribution in [3.63, 3.8) is 0 Å². The molecule has 0 aliphatic carbocycles. The van der Waals surface area contributed by atoms with Gasteiger partial charge >= 0.3 is 0 Å². The lowest BCUT2D eigenvalue weighted by Gasteiger charge is -2.04. The fourth-order valence-corrected chi connectivity index (χ4v) is 2.15. The van der Waals surface area contributed by atoms with Crippen molar-refractivity contribution in [3.8, 4) is 0 Å². The van der Waals surface area contributed by atoms with Crippen LogP contribution >= 0.6 is 0 Å². The third-order valence-corrected chi connectivity index (χ3v) is 3.06. The summed E-state index contributed by atoms with van der Waals surface area (Å²) in [7, 11) is 0. The molecule has 0 aliphatic heterocycles. The summed E-state index contributed by atoms with van der Waals surface area (Å²) in [6, 6.07) is 6.12. The molecule has 3 aromatic rings. The van der Waals surface area contributed by atoms with Crippen LogP contribution in [0.2, 0.25) is 0 Å². The number of hydrogen-bond donors (Lipinski definition) is 1. The average molecular weight is 257 g/mol. The highest BCUT2D eigenvalue weighted by Gasteiger charge is 2.09. The van der Waals surface area contributed by atoms with Crippen LogP contribution in [-0.4, -0.2) is 19.7 Å². The van der Waals surface area contributed by atoms with E-state index in [0.717, 1.165) is 11.0 Å². The quantitative estimate of drug-likeness (QED) is 0.774. The highest BCUT2D eigenvalue weighted by Crippen LogP contribution is 2.19. The lowest BCUT2D eigenvalue weighted by molar-refractivity contribution is 0.386. The van der Waals surface area contributed by atoms with Crippen LogP contribution in [0.4, 0.5) is 5.95 Å². The number of anilines is 1. The molecule has 3 rings (SSSR count). The van der Waals surface area contributed by atoms with Gasteiger partial charge < -0.3 is 14.8 Å². The smallest absolute Gasteiger partial charge is 0.223 e. The van der Waals surface area contributed by atoms with Crippen LogP contribution in [0.3, 0.4) is 0 Å². The highest BCUT2D eigenvalue weighted by molar-refractivity contribution is 5.79. The van der Waals surface area contributed by atoms with E-state index in [1.165, 1.54) is 5.56 Å². The zero-order valence-corrected chi connectivity index (χ0v) is 10.9. The number of nitrogen functional groups attached to an aromatic ring is 1. The summed E-state index contributed by atoms with van der Waals surface area (Å²) in [5.74, 6) is 1.78. The molecule has 0 bridgehead atoms. The standard InChI is InChI=1S/C13H15N5O/c1-8-3-4-11-10(7-8)16-13(14)18(11)6-5-12-15-9(2)19-17-12/h3-4,7H,5-6H2,1-2H3,(H2,14,16). The fourth-order valence-electron chi connectivity index (χ4n) is 2.15. The minimum absolute atomic E-state index is 0.515. The van der Waals surface area contributed by atoms with Crippen LogP contribution in [-0.2, 0) is 13.0 Å². The molecule has 6 heteroatoms. The molecule has 6 nitrogen and oxygen atoms in total. The van der Waals surface area contributed by atoms with E-state index in [9.17, 15) is 0 Å². The first kappa shape index (κ1) is 11.7. The molecule has 19 heavy (non-hydrogen) atoms. The van der Waals surface area contributed by atoms with Gasteiger partial charge in [-0.25, -0.2) is 4.98 Å². The molecule has 0 saturated heterocycles. The van der Waals surface area contributed by atoms with Crippen molar-refractivity contribution in [2.45, 2.75) is 26.8 Å². The first-order valence-corrected chi connectivity index (χ1v) is 6.15. The molecule has 0 unspecified atom stereocenters. The van der Waals surface area contributed by atoms with Crippen LogP contribution in [0.15, 0.2) is 22.7 Å². The van der Waals surface area contributed by atoms with Crippen molar-refractivity contribution in [1.82, 2.24) is 19.7 Å². The van der Waals surface area contributed by atoms with Crippen LogP contribution in [0.25, 0.3) is 11.0 Å². The predicted molar refractivity (Wildman–Crippen MR) is 71.6 cm³/mol. The lowest BCUT2D eigenvalue weighted by Crippen LogP contribution is -2.06. The summed E-state index contributed by atoms with van der Waals surface area (Å²) < 4.78 is 6.92. The first-order chi connectivity index (χ1) is 9.13. The van der Waals surface area contributed by atoms with Crippen molar-refractivity contribution in [1.29, 1.82) is 0 Å². The van der Waals surface area contributed by atoms with Crippen molar-refractivity contribution in [2.75, 3.05) is 5.73 Å². The number of nitrogens with two attached hydrogens (primary N) is 1. The van der Waals surface area contributed by atoms with E-state index in [1.807, 2.05) is 23.6 Å². The van der Waals surface area contributed by atoms with Gasteiger partial charge in [0.1, 0.15) is 0 Å². The Kier molecular flexibility index (Phi) is 2.70. The Morgan fingerprint density at radius 2 is 2.11 bits per heavy atom. The molecular weight excluding hydrogens is 242 g/mol. The van der Waals surface area contributed by atoms with Crippen LogP contribution in [0.5, 0.6) is 0 Å². The van der Waals surface area contributed by atoms with Crippen LogP contribution in [0.1, 0.15) is 17.3 Å².